The van der Waals surface area contributed by atoms with Gasteiger partial charge in [0.1, 0.15) is 5.76 Å². The lowest BCUT2D eigenvalue weighted by molar-refractivity contribution is -0.120. The third-order valence-electron chi connectivity index (χ3n) is 5.80. The molecule has 0 aliphatic carbocycles. The van der Waals surface area contributed by atoms with Crippen LogP contribution < -0.4 is 5.32 Å². The zero-order valence-electron chi connectivity index (χ0n) is 19.7. The van der Waals surface area contributed by atoms with E-state index in [1.165, 1.54) is 17.3 Å². The van der Waals surface area contributed by atoms with Crippen LogP contribution in [0.1, 0.15) is 51.9 Å². The van der Waals surface area contributed by atoms with Gasteiger partial charge in [0.25, 0.3) is 0 Å². The molecule has 1 aliphatic heterocycles. The molecule has 7 nitrogen and oxygen atoms in total. The molecule has 1 aliphatic rings. The Kier molecular flexibility index (Phi) is 7.24. The summed E-state index contributed by atoms with van der Waals surface area (Å²) in [5.74, 6) is 1.53. The third kappa shape index (κ3) is 5.86. The second-order valence-electron chi connectivity index (χ2n) is 9.44. The van der Waals surface area contributed by atoms with Crippen molar-refractivity contribution in [3.8, 4) is 11.4 Å². The molecule has 1 aromatic carbocycles. The van der Waals surface area contributed by atoms with Crippen molar-refractivity contribution in [3.63, 3.8) is 0 Å². The first-order valence-electron chi connectivity index (χ1n) is 11.4. The van der Waals surface area contributed by atoms with Crippen molar-refractivity contribution in [3.05, 3.63) is 54.0 Å². The predicted octanol–water partition coefficient (Wildman–Crippen LogP) is 4.66. The van der Waals surface area contributed by atoms with Crippen LogP contribution in [0.25, 0.3) is 11.4 Å². The van der Waals surface area contributed by atoms with E-state index in [1.54, 1.807) is 6.26 Å². The van der Waals surface area contributed by atoms with Crippen LogP contribution in [0.15, 0.2) is 52.2 Å². The molecule has 1 amide bonds. The molecule has 1 N–H and O–H groups in total. The number of carbonyl (C=O) groups is 1. The van der Waals surface area contributed by atoms with Crippen molar-refractivity contribution in [1.29, 1.82) is 0 Å². The van der Waals surface area contributed by atoms with Crippen LogP contribution in [0.3, 0.4) is 0 Å². The molecule has 33 heavy (non-hydrogen) atoms. The molecule has 3 heterocycles. The Hall–Kier alpha value is -2.58. The largest absolute Gasteiger partial charge is 0.467 e. The summed E-state index contributed by atoms with van der Waals surface area (Å²) in [5, 5.41) is 12.3. The van der Waals surface area contributed by atoms with Gasteiger partial charge < -0.3 is 14.5 Å². The number of hydrogen-bond acceptors (Lipinski definition) is 6. The van der Waals surface area contributed by atoms with E-state index in [1.807, 2.05) is 23.6 Å². The molecule has 0 bridgehead atoms. The smallest absolute Gasteiger partial charge is 0.233 e. The first-order valence-corrected chi connectivity index (χ1v) is 12.3. The summed E-state index contributed by atoms with van der Waals surface area (Å²) >= 11 is 1.40. The average Bonchev–Trinajstić information content (AvgIpc) is 3.55. The van der Waals surface area contributed by atoms with Gasteiger partial charge in [-0.05, 0) is 42.9 Å². The molecular weight excluding hydrogens is 436 g/mol. The summed E-state index contributed by atoms with van der Waals surface area (Å²) in [6.07, 6.45) is 3.83. The van der Waals surface area contributed by atoms with Gasteiger partial charge in [-0.25, -0.2) is 0 Å². The number of hydrogen-bond donors (Lipinski definition) is 1. The monoisotopic (exact) mass is 468 g/mol. The molecule has 8 heteroatoms. The topological polar surface area (TPSA) is 82.2 Å². The number of aromatic nitrogens is 3. The number of benzene rings is 1. The van der Waals surface area contributed by atoms with Crippen LogP contribution in [0.4, 0.5) is 0 Å². The highest BCUT2D eigenvalue weighted by Crippen LogP contribution is 2.30. The van der Waals surface area contributed by atoms with Gasteiger partial charge in [-0.1, -0.05) is 56.8 Å². The maximum absolute atomic E-state index is 12.7. The van der Waals surface area contributed by atoms with E-state index in [4.69, 9.17) is 9.15 Å². The Morgan fingerprint density at radius 2 is 2.03 bits per heavy atom. The van der Waals surface area contributed by atoms with Crippen molar-refractivity contribution >= 4 is 17.7 Å². The van der Waals surface area contributed by atoms with Crippen molar-refractivity contribution in [1.82, 2.24) is 20.1 Å². The van der Waals surface area contributed by atoms with Crippen LogP contribution in [-0.4, -0.2) is 45.2 Å². The Bertz CT molecular complexity index is 1050. The first-order chi connectivity index (χ1) is 15.8. The summed E-state index contributed by atoms with van der Waals surface area (Å²) in [6.45, 7) is 10.3. The van der Waals surface area contributed by atoms with E-state index in [0.29, 0.717) is 18.2 Å². The van der Waals surface area contributed by atoms with Crippen molar-refractivity contribution in [2.45, 2.75) is 69.0 Å². The summed E-state index contributed by atoms with van der Waals surface area (Å²) in [5.41, 5.74) is 2.31. The molecule has 0 spiro atoms. The number of nitrogens with zero attached hydrogens (tertiary/aromatic N) is 3. The van der Waals surface area contributed by atoms with E-state index in [-0.39, 0.29) is 22.7 Å². The summed E-state index contributed by atoms with van der Waals surface area (Å²) in [6, 6.07) is 12.2. The molecule has 0 unspecified atom stereocenters. The predicted molar refractivity (Wildman–Crippen MR) is 129 cm³/mol. The lowest BCUT2D eigenvalue weighted by Crippen LogP contribution is -2.36. The first kappa shape index (κ1) is 23.6. The minimum atomic E-state index is -0.318. The maximum atomic E-state index is 12.7. The number of rotatable bonds is 8. The number of carbonyl (C=O) groups excluding carboxylic acids is 1. The quantitative estimate of drug-likeness (QED) is 0.484. The number of ether oxygens (including phenoxy) is 1. The Balaban J connectivity index is 1.53. The second kappa shape index (κ2) is 10.1. The molecule has 1 fully saturated rings. The average molecular weight is 469 g/mol. The zero-order chi connectivity index (χ0) is 23.4. The second-order valence-corrected chi connectivity index (χ2v) is 10.7. The van der Waals surface area contributed by atoms with Gasteiger partial charge in [0.15, 0.2) is 11.0 Å². The van der Waals surface area contributed by atoms with Crippen molar-refractivity contribution < 1.29 is 13.9 Å². The van der Waals surface area contributed by atoms with Gasteiger partial charge in [-0.3, -0.25) is 9.36 Å². The van der Waals surface area contributed by atoms with Crippen LogP contribution in [0, 0.1) is 0 Å². The minimum Gasteiger partial charge on any atom is -0.467 e. The Morgan fingerprint density at radius 3 is 2.67 bits per heavy atom. The molecule has 4 rings (SSSR count). The molecule has 0 saturated carbocycles. The maximum Gasteiger partial charge on any atom is 0.233 e. The lowest BCUT2D eigenvalue weighted by atomic mass is 9.87. The normalized spacial score (nSPS) is 17.3. The third-order valence-corrected chi connectivity index (χ3v) is 6.88. The van der Waals surface area contributed by atoms with E-state index in [9.17, 15) is 4.79 Å². The fraction of sp³-hybridized carbons (Fsp3) is 0.480. The van der Waals surface area contributed by atoms with Crippen LogP contribution >= 0.6 is 11.8 Å². The molecule has 2 atom stereocenters. The fourth-order valence-corrected chi connectivity index (χ4v) is 4.66. The Morgan fingerprint density at radius 1 is 1.24 bits per heavy atom. The highest BCUT2D eigenvalue weighted by atomic mass is 32.2. The standard InChI is InChI=1S/C25H32N4O3S/c1-17(23(30)26-15-20-7-5-13-31-20)33-24-28-27-22(29(24)16-21-8-6-14-32-21)18-9-11-19(12-10-18)25(2,3)4/h6,8-12,14,17,20H,5,7,13,15-16H2,1-4H3,(H,26,30)/t17-,20-/m1/s1. The molecule has 1 saturated heterocycles. The van der Waals surface area contributed by atoms with Gasteiger partial charge in [0.05, 0.1) is 24.2 Å². The fourth-order valence-electron chi connectivity index (χ4n) is 3.78. The lowest BCUT2D eigenvalue weighted by Gasteiger charge is -2.19. The molecule has 2 aromatic heterocycles. The van der Waals surface area contributed by atoms with Gasteiger partial charge in [-0.2, -0.15) is 0 Å². The molecule has 3 aromatic rings. The summed E-state index contributed by atoms with van der Waals surface area (Å²) in [7, 11) is 0. The highest BCUT2D eigenvalue weighted by Gasteiger charge is 2.23. The highest BCUT2D eigenvalue weighted by molar-refractivity contribution is 8.00. The number of furan rings is 1. The van der Waals surface area contributed by atoms with Gasteiger partial charge in [0, 0.05) is 18.7 Å². The van der Waals surface area contributed by atoms with Gasteiger partial charge in [0.2, 0.25) is 5.91 Å². The number of thioether (sulfide) groups is 1. The molecular formula is C25H32N4O3S. The van der Waals surface area contributed by atoms with Crippen LogP contribution in [0.5, 0.6) is 0 Å². The van der Waals surface area contributed by atoms with Gasteiger partial charge >= 0.3 is 0 Å². The summed E-state index contributed by atoms with van der Waals surface area (Å²) in [4.78, 5) is 12.7. The van der Waals surface area contributed by atoms with E-state index >= 15 is 0 Å². The van der Waals surface area contributed by atoms with Crippen molar-refractivity contribution in [2.75, 3.05) is 13.2 Å². The molecule has 0 radical (unpaired) electrons. The van der Waals surface area contributed by atoms with E-state index in [2.05, 4.69) is 60.6 Å². The van der Waals surface area contributed by atoms with Crippen LogP contribution in [0.2, 0.25) is 0 Å². The van der Waals surface area contributed by atoms with E-state index in [0.717, 1.165) is 36.6 Å². The molecule has 176 valence electrons. The summed E-state index contributed by atoms with van der Waals surface area (Å²) < 4.78 is 13.2. The van der Waals surface area contributed by atoms with E-state index < -0.39 is 0 Å². The number of amides is 1. The number of nitrogens with one attached hydrogen (secondary N) is 1. The SMILES string of the molecule is C[C@@H](Sc1nnc(-c2ccc(C(C)(C)C)cc2)n1Cc1ccco1)C(=O)NC[C@H]1CCCO1. The van der Waals surface area contributed by atoms with Crippen molar-refractivity contribution in [2.24, 2.45) is 0 Å². The van der Waals surface area contributed by atoms with Crippen LogP contribution in [-0.2, 0) is 21.5 Å². The minimum absolute atomic E-state index is 0.0286. The zero-order valence-corrected chi connectivity index (χ0v) is 20.5. The van der Waals surface area contributed by atoms with Gasteiger partial charge in [-0.15, -0.1) is 10.2 Å². The Labute approximate surface area is 199 Å².